The van der Waals surface area contributed by atoms with Crippen LogP contribution in [0.4, 0.5) is 5.69 Å². The van der Waals surface area contributed by atoms with Gasteiger partial charge in [0.25, 0.3) is 0 Å². The standard InChI is InChI=1S/C32H28BrNO6/c1-4-16-5-7-18(8-6-16)34-31(38)20-10-9-19-21(27(20)32(34)39)14-22-24(35)11-15(2)29(36)28(22)26(19)23-12-17(33)13-25(40-3)30(23)37/h5-9,11-13,20-21,26-27,37H,4,10,14H2,1-3H3/t20-,21+,26+,27-/m0/s1. The third-order valence-corrected chi connectivity index (χ3v) is 9.23. The summed E-state index contributed by atoms with van der Waals surface area (Å²) in [6, 6.07) is 10.8. The smallest absolute Gasteiger partial charge is 0.238 e. The fourth-order valence-corrected chi connectivity index (χ4v) is 7.28. The molecule has 0 spiro atoms. The van der Waals surface area contributed by atoms with Gasteiger partial charge in [-0.1, -0.05) is 46.6 Å². The van der Waals surface area contributed by atoms with E-state index in [1.807, 2.05) is 25.1 Å². The Balaban J connectivity index is 1.50. The minimum absolute atomic E-state index is 0.134. The summed E-state index contributed by atoms with van der Waals surface area (Å²) in [5, 5.41) is 11.2. The molecule has 204 valence electrons. The van der Waals surface area contributed by atoms with E-state index in [1.54, 1.807) is 31.2 Å². The van der Waals surface area contributed by atoms with Crippen LogP contribution in [0, 0.1) is 17.8 Å². The second kappa shape index (κ2) is 9.70. The zero-order valence-electron chi connectivity index (χ0n) is 22.4. The normalized spacial score (nSPS) is 25.9. The van der Waals surface area contributed by atoms with Gasteiger partial charge in [-0.25, -0.2) is 0 Å². The highest BCUT2D eigenvalue weighted by Gasteiger charge is 2.57. The molecule has 6 rings (SSSR count). The minimum atomic E-state index is -0.762. The highest BCUT2D eigenvalue weighted by Crippen LogP contribution is 2.57. The molecule has 4 atom stereocenters. The van der Waals surface area contributed by atoms with Gasteiger partial charge >= 0.3 is 0 Å². The molecule has 3 aliphatic carbocycles. The summed E-state index contributed by atoms with van der Waals surface area (Å²) in [4.78, 5) is 55.8. The molecule has 1 aliphatic heterocycles. The Kier molecular flexibility index (Phi) is 6.41. The quantitative estimate of drug-likeness (QED) is 0.288. The van der Waals surface area contributed by atoms with Crippen molar-refractivity contribution < 1.29 is 29.0 Å². The van der Waals surface area contributed by atoms with Gasteiger partial charge < -0.3 is 9.84 Å². The van der Waals surface area contributed by atoms with Crippen LogP contribution < -0.4 is 9.64 Å². The molecule has 1 heterocycles. The number of fused-ring (bicyclic) bond motifs is 3. The SMILES string of the molecule is CCc1ccc(N2C(=O)[C@H]3[C@H](CC=C4[C@H](c5cc(Br)cc(OC)c5O)C5=C(C[C@H]43)C(=O)C=C(C)C5=O)C2=O)cc1. The molecule has 8 heteroatoms. The molecule has 4 aliphatic rings. The first-order valence-corrected chi connectivity index (χ1v) is 14.2. The summed E-state index contributed by atoms with van der Waals surface area (Å²) < 4.78 is 6.03. The number of carbonyl (C=O) groups is 4. The van der Waals surface area contributed by atoms with E-state index in [-0.39, 0.29) is 41.3 Å². The van der Waals surface area contributed by atoms with Crippen molar-refractivity contribution in [2.45, 2.75) is 39.0 Å². The number of aryl methyl sites for hydroxylation is 1. The Bertz CT molecular complexity index is 1600. The number of Topliss-reactive ketones (excluding diaryl/α,β-unsaturated/α-hetero) is 1. The third kappa shape index (κ3) is 3.84. The monoisotopic (exact) mass is 601 g/mol. The molecule has 1 N–H and O–H groups in total. The van der Waals surface area contributed by atoms with Crippen LogP contribution in [0.1, 0.15) is 43.7 Å². The maximum atomic E-state index is 14.0. The lowest BCUT2D eigenvalue weighted by Gasteiger charge is -2.42. The molecule has 0 unspecified atom stereocenters. The van der Waals surface area contributed by atoms with Gasteiger partial charge in [-0.05, 0) is 68.0 Å². The van der Waals surface area contributed by atoms with E-state index in [9.17, 15) is 24.3 Å². The number of rotatable bonds is 4. The lowest BCUT2D eigenvalue weighted by atomic mass is 9.59. The maximum Gasteiger partial charge on any atom is 0.238 e. The van der Waals surface area contributed by atoms with E-state index in [4.69, 9.17) is 4.74 Å². The number of nitrogens with zero attached hydrogens (tertiary/aromatic N) is 1. The number of hydrogen-bond donors (Lipinski definition) is 1. The van der Waals surface area contributed by atoms with Crippen LogP contribution in [0.3, 0.4) is 0 Å². The molecular formula is C32H28BrNO6. The van der Waals surface area contributed by atoms with E-state index in [0.29, 0.717) is 38.9 Å². The Morgan fingerprint density at radius 2 is 1.77 bits per heavy atom. The molecule has 0 radical (unpaired) electrons. The summed E-state index contributed by atoms with van der Waals surface area (Å²) in [6.45, 7) is 3.65. The molecule has 2 amide bonds. The van der Waals surface area contributed by atoms with Crippen molar-refractivity contribution in [3.63, 3.8) is 0 Å². The van der Waals surface area contributed by atoms with E-state index >= 15 is 0 Å². The number of halogens is 1. The minimum Gasteiger partial charge on any atom is -0.504 e. The van der Waals surface area contributed by atoms with Gasteiger partial charge in [0.1, 0.15) is 0 Å². The molecule has 0 aromatic heterocycles. The van der Waals surface area contributed by atoms with E-state index in [1.165, 1.54) is 18.1 Å². The van der Waals surface area contributed by atoms with Crippen molar-refractivity contribution in [3.8, 4) is 11.5 Å². The largest absolute Gasteiger partial charge is 0.504 e. The lowest BCUT2D eigenvalue weighted by molar-refractivity contribution is -0.123. The van der Waals surface area contributed by atoms with Crippen LogP contribution >= 0.6 is 15.9 Å². The number of anilines is 1. The Labute approximate surface area is 240 Å². The number of carbonyl (C=O) groups excluding carboxylic acids is 4. The third-order valence-electron chi connectivity index (χ3n) is 8.77. The molecule has 0 bridgehead atoms. The number of ketones is 2. The van der Waals surface area contributed by atoms with E-state index in [2.05, 4.69) is 15.9 Å². The van der Waals surface area contributed by atoms with Crippen molar-refractivity contribution >= 4 is 45.0 Å². The van der Waals surface area contributed by atoms with Crippen LogP contribution in [0.2, 0.25) is 0 Å². The molecule has 2 aromatic rings. The number of amides is 2. The topological polar surface area (TPSA) is 101 Å². The van der Waals surface area contributed by atoms with Crippen molar-refractivity contribution in [2.75, 3.05) is 12.0 Å². The number of methoxy groups -OCH3 is 1. The molecule has 2 aromatic carbocycles. The fraction of sp³-hybridized carbons (Fsp3) is 0.312. The molecule has 1 saturated heterocycles. The summed E-state index contributed by atoms with van der Waals surface area (Å²) in [6.07, 6.45) is 4.63. The van der Waals surface area contributed by atoms with Crippen LogP contribution in [0.25, 0.3) is 0 Å². The van der Waals surface area contributed by atoms with Crippen molar-refractivity contribution in [3.05, 3.63) is 86.4 Å². The number of phenols is 1. The number of allylic oxidation sites excluding steroid dienone is 6. The second-order valence-corrected chi connectivity index (χ2v) is 11.7. The summed E-state index contributed by atoms with van der Waals surface area (Å²) in [5.74, 6) is -3.48. The number of hydrogen-bond acceptors (Lipinski definition) is 6. The summed E-state index contributed by atoms with van der Waals surface area (Å²) >= 11 is 3.48. The fourth-order valence-electron chi connectivity index (χ4n) is 6.82. The highest BCUT2D eigenvalue weighted by molar-refractivity contribution is 9.10. The number of imide groups is 1. The zero-order chi connectivity index (χ0) is 28.5. The van der Waals surface area contributed by atoms with Gasteiger partial charge in [-0.2, -0.15) is 0 Å². The summed E-state index contributed by atoms with van der Waals surface area (Å²) in [5.41, 5.74) is 3.82. The van der Waals surface area contributed by atoms with Gasteiger partial charge in [-0.3, -0.25) is 24.1 Å². The van der Waals surface area contributed by atoms with Crippen LogP contribution in [0.5, 0.6) is 11.5 Å². The molecule has 7 nitrogen and oxygen atoms in total. The lowest BCUT2D eigenvalue weighted by Crippen LogP contribution is -2.39. The first-order valence-electron chi connectivity index (χ1n) is 13.4. The molecular weight excluding hydrogens is 574 g/mol. The Morgan fingerprint density at radius 1 is 1.05 bits per heavy atom. The summed E-state index contributed by atoms with van der Waals surface area (Å²) in [7, 11) is 1.44. The van der Waals surface area contributed by atoms with Crippen LogP contribution in [-0.4, -0.2) is 35.6 Å². The predicted octanol–water partition coefficient (Wildman–Crippen LogP) is 5.36. The second-order valence-electron chi connectivity index (χ2n) is 10.8. The number of benzene rings is 2. The van der Waals surface area contributed by atoms with Crippen molar-refractivity contribution in [2.24, 2.45) is 17.8 Å². The zero-order valence-corrected chi connectivity index (χ0v) is 23.9. The number of aromatic hydroxyl groups is 1. The predicted molar refractivity (Wildman–Crippen MR) is 152 cm³/mol. The van der Waals surface area contributed by atoms with Gasteiger partial charge in [0, 0.05) is 32.7 Å². The Morgan fingerprint density at radius 3 is 2.45 bits per heavy atom. The Hall–Kier alpha value is -3.78. The van der Waals surface area contributed by atoms with Crippen LogP contribution in [0.15, 0.2) is 75.3 Å². The van der Waals surface area contributed by atoms with Crippen molar-refractivity contribution in [1.29, 1.82) is 0 Å². The number of phenolic OH excluding ortho intramolecular Hbond substituents is 1. The van der Waals surface area contributed by atoms with Gasteiger partial charge in [0.05, 0.1) is 24.6 Å². The molecule has 40 heavy (non-hydrogen) atoms. The van der Waals surface area contributed by atoms with Crippen molar-refractivity contribution in [1.82, 2.24) is 0 Å². The van der Waals surface area contributed by atoms with E-state index < -0.39 is 23.7 Å². The van der Waals surface area contributed by atoms with Crippen LogP contribution in [-0.2, 0) is 25.6 Å². The highest BCUT2D eigenvalue weighted by atomic mass is 79.9. The number of ether oxygens (including phenoxy) is 1. The van der Waals surface area contributed by atoms with Gasteiger partial charge in [-0.15, -0.1) is 0 Å². The maximum absolute atomic E-state index is 14.0. The van der Waals surface area contributed by atoms with E-state index in [0.717, 1.165) is 17.6 Å². The first-order chi connectivity index (χ1) is 19.2. The average Bonchev–Trinajstić information content (AvgIpc) is 3.21. The molecule has 0 saturated carbocycles. The average molecular weight is 602 g/mol. The van der Waals surface area contributed by atoms with Gasteiger partial charge in [0.2, 0.25) is 11.8 Å². The first kappa shape index (κ1) is 26.4. The molecule has 1 fully saturated rings. The van der Waals surface area contributed by atoms with Gasteiger partial charge in [0.15, 0.2) is 23.1 Å².